The molecular formula is C20H23F3N10Na2O12S2W2. The van der Waals surface area contributed by atoms with Crippen LogP contribution in [-0.4, -0.2) is 128 Å². The Morgan fingerprint density at radius 1 is 0.902 bits per heavy atom. The Morgan fingerprint density at radius 2 is 1.33 bits per heavy atom. The topological polar surface area (TPSA) is 292 Å². The number of alkyl halides is 3. The van der Waals surface area contributed by atoms with Crippen LogP contribution >= 0.6 is 0 Å². The quantitative estimate of drug-likeness (QED) is 0.120. The third-order valence-corrected chi connectivity index (χ3v) is 7.00. The van der Waals surface area contributed by atoms with E-state index in [1.165, 1.54) is 22.5 Å². The van der Waals surface area contributed by atoms with E-state index < -0.39 is 69.2 Å². The molecule has 0 radical (unpaired) electrons. The van der Waals surface area contributed by atoms with Crippen LogP contribution in [0.25, 0.3) is 0 Å². The number of carboxylic acid groups (broad SMARTS) is 1. The molecule has 51 heavy (non-hydrogen) atoms. The van der Waals surface area contributed by atoms with E-state index in [2.05, 4.69) is 29.0 Å². The minimum Gasteiger partial charge on any atom is -0.724 e. The number of nitrogens with zero attached hydrogens (tertiary/aromatic N) is 9. The Bertz CT molecular complexity index is 1750. The first-order chi connectivity index (χ1) is 21.3. The molecule has 272 valence electrons. The number of quaternary nitrogens is 1. The van der Waals surface area contributed by atoms with Crippen molar-refractivity contribution in [1.82, 2.24) is 34.7 Å². The molecule has 31 heteroatoms. The second-order valence-electron chi connectivity index (χ2n) is 9.32. The van der Waals surface area contributed by atoms with Crippen LogP contribution in [-0.2, 0) is 83.3 Å². The number of hydrogen-bond donors (Lipinski definition) is 1. The molecule has 0 spiro atoms. The first-order valence-electron chi connectivity index (χ1n) is 12.2. The van der Waals surface area contributed by atoms with Gasteiger partial charge in [0.15, 0.2) is 5.82 Å². The number of halogens is 3. The van der Waals surface area contributed by atoms with Crippen LogP contribution in [0.5, 0.6) is 0 Å². The van der Waals surface area contributed by atoms with Crippen molar-refractivity contribution in [3.05, 3.63) is 36.5 Å². The molecule has 5 aliphatic rings. The predicted octanol–water partition coefficient (Wildman–Crippen LogP) is -9.80. The van der Waals surface area contributed by atoms with Gasteiger partial charge in [-0.2, -0.15) is 31.9 Å². The minimum absolute atomic E-state index is 0. The number of carbonyl (C=O) groups is 3. The van der Waals surface area contributed by atoms with Crippen LogP contribution in [0.3, 0.4) is 0 Å². The van der Waals surface area contributed by atoms with Crippen molar-refractivity contribution in [1.29, 1.82) is 0 Å². The molecule has 5 aliphatic heterocycles. The fraction of sp³-hybridized carbons (Fsp3) is 0.450. The second kappa shape index (κ2) is 20.5. The smallest absolute Gasteiger partial charge is 0.724 e. The Morgan fingerprint density at radius 3 is 1.69 bits per heavy atom. The van der Waals surface area contributed by atoms with Gasteiger partial charge < -0.3 is 33.4 Å². The van der Waals surface area contributed by atoms with Gasteiger partial charge >= 0.3 is 77.4 Å². The third-order valence-electron chi connectivity index (χ3n) is 6.31. The zero-order chi connectivity index (χ0) is 34.2. The Balaban J connectivity index is 0. The van der Waals surface area contributed by atoms with Crippen molar-refractivity contribution in [3.63, 3.8) is 0 Å². The number of fused-ring (bicyclic) bond motifs is 4. The molecule has 2 fully saturated rings. The average molecular weight is 1130 g/mol. The molecule has 1 aromatic rings. The zero-order valence-electron chi connectivity index (χ0n) is 25.5. The number of amides is 4. The van der Waals surface area contributed by atoms with Crippen LogP contribution in [0.2, 0.25) is 0 Å². The summed E-state index contributed by atoms with van der Waals surface area (Å²) >= 11 is 0. The number of amidine groups is 1. The zero-order valence-corrected chi connectivity index (χ0v) is 37.0. The minimum atomic E-state index is -5.19. The Hall–Kier alpha value is -1.16. The summed E-state index contributed by atoms with van der Waals surface area (Å²) in [6.45, 7) is 0.435. The maximum atomic E-state index is 12.1. The molecule has 6 rings (SSSR count). The molecule has 0 aliphatic carbocycles. The number of hydroxylamine groups is 4. The third kappa shape index (κ3) is 13.3. The molecule has 2 N–H and O–H groups in total. The van der Waals surface area contributed by atoms with E-state index in [0.29, 0.717) is 21.8 Å². The van der Waals surface area contributed by atoms with E-state index in [-0.39, 0.29) is 122 Å². The van der Waals surface area contributed by atoms with Crippen LogP contribution < -0.4 is 69.5 Å². The van der Waals surface area contributed by atoms with Gasteiger partial charge in [-0.05, 0) is 0 Å². The molecule has 1 aromatic heterocycles. The summed E-state index contributed by atoms with van der Waals surface area (Å²) in [7, 11) is -8.25. The van der Waals surface area contributed by atoms with Gasteiger partial charge in [0, 0.05) is 49.2 Å². The number of urea groups is 2. The average Bonchev–Trinajstić information content (AvgIpc) is 3.72. The molecule has 0 saturated carbocycles. The molecule has 2 saturated heterocycles. The molecule has 6 heterocycles. The summed E-state index contributed by atoms with van der Waals surface area (Å²) in [5, 5.41) is 26.7. The van der Waals surface area contributed by atoms with Gasteiger partial charge in [0.1, 0.15) is 24.4 Å². The Kier molecular flexibility index (Phi) is 20.9. The first kappa shape index (κ1) is 51.9. The number of nitrogens with two attached hydrogens (primary N) is 1. The van der Waals surface area contributed by atoms with Crippen LogP contribution in [0.4, 0.5) is 22.8 Å². The van der Waals surface area contributed by atoms with Crippen molar-refractivity contribution < 1.29 is 174 Å². The van der Waals surface area contributed by atoms with E-state index in [1.807, 2.05) is 0 Å². The molecule has 4 bridgehead atoms. The normalized spacial score (nSPS) is 22.5. The SMILES string of the molecule is C.Cn1cnnc1[C@@H]1C=CC2CN1C(=O)N2OS(=O)(=O)[O-].O=C([O-])C(F)(F)F.O=C1N(OS(=O)(=O)[O-])C2C=C[C@@H](C3=NN=C[NH2+]3)N1C2.[Na+].[Na+].[W].[W]. The number of aromatic nitrogens is 3. The maximum absolute atomic E-state index is 12.1. The van der Waals surface area contributed by atoms with E-state index >= 15 is 0 Å². The van der Waals surface area contributed by atoms with Gasteiger partial charge in [-0.15, -0.1) is 10.2 Å². The summed E-state index contributed by atoms with van der Waals surface area (Å²) in [4.78, 5) is 35.6. The van der Waals surface area contributed by atoms with Crippen molar-refractivity contribution in [2.45, 2.75) is 37.8 Å². The fourth-order valence-corrected chi connectivity index (χ4v) is 5.22. The van der Waals surface area contributed by atoms with Crippen molar-refractivity contribution in [2.24, 2.45) is 17.3 Å². The second-order valence-corrected chi connectivity index (χ2v) is 11.3. The first-order valence-corrected chi connectivity index (χ1v) is 14.9. The predicted molar refractivity (Wildman–Crippen MR) is 138 cm³/mol. The van der Waals surface area contributed by atoms with Gasteiger partial charge in [-0.1, -0.05) is 41.9 Å². The van der Waals surface area contributed by atoms with E-state index in [1.54, 1.807) is 41.2 Å². The van der Waals surface area contributed by atoms with E-state index in [4.69, 9.17) is 9.90 Å². The number of hydrogen-bond acceptors (Lipinski definition) is 16. The van der Waals surface area contributed by atoms with Crippen LogP contribution in [0.1, 0.15) is 19.3 Å². The number of rotatable bonds is 6. The number of aryl methyl sites for hydroxylation is 1. The molecule has 4 amide bonds. The van der Waals surface area contributed by atoms with Crippen molar-refractivity contribution >= 4 is 51.0 Å². The summed E-state index contributed by atoms with van der Waals surface area (Å²) < 4.78 is 105. The van der Waals surface area contributed by atoms with Crippen LogP contribution in [0, 0.1) is 0 Å². The van der Waals surface area contributed by atoms with E-state index in [9.17, 15) is 48.7 Å². The fourth-order valence-electron chi connectivity index (χ4n) is 4.48. The summed E-state index contributed by atoms with van der Waals surface area (Å²) in [5.41, 5.74) is 0. The largest absolute Gasteiger partial charge is 1.00 e. The number of carbonyl (C=O) groups excluding carboxylic acids is 3. The summed E-state index contributed by atoms with van der Waals surface area (Å²) in [5.74, 6) is -1.91. The van der Waals surface area contributed by atoms with Gasteiger partial charge in [0.2, 0.25) is 27.1 Å². The van der Waals surface area contributed by atoms with Gasteiger partial charge in [0.05, 0.1) is 25.2 Å². The van der Waals surface area contributed by atoms with Crippen LogP contribution in [0.15, 0.2) is 40.8 Å². The van der Waals surface area contributed by atoms with Crippen molar-refractivity contribution in [2.75, 3.05) is 13.1 Å². The van der Waals surface area contributed by atoms with Gasteiger partial charge in [-0.25, -0.2) is 26.4 Å². The molecule has 2 unspecified atom stereocenters. The van der Waals surface area contributed by atoms with E-state index in [0.717, 1.165) is 0 Å². The standard InChI is InChI=1S/C9H11N5O5S.C8H9N5O5S.C2HF3O2.CH4.2Na.2W/c1-12-5-10-11-8(12)7-3-2-6-4-13(7)9(15)14(6)19-20(16,17)18;14-8-12-3-5(13(8)18-19(15,16)17)1-2-6(12)7-9-4-10-11-7;3-2(4,5)1(6)7;;;;;/h2-3,5-7H,4H2,1H3,(H,16,17,18);1-2,4-6H,3H2,(H,9,10,11)(H,15,16,17);(H,6,7);1H4;;;;/q;;;;2*+1;;/p-2/t6?,7-;5?,6-;;;;;;/m00....../s1. The maximum Gasteiger partial charge on any atom is 1.00 e. The monoisotopic (exact) mass is 1130 g/mol. The Labute approximate surface area is 360 Å². The van der Waals surface area contributed by atoms with Gasteiger partial charge in [0.25, 0.3) is 5.84 Å². The summed E-state index contributed by atoms with van der Waals surface area (Å²) in [6.07, 6.45) is 4.38. The molecular weight excluding hydrogens is 1110 g/mol. The van der Waals surface area contributed by atoms with Gasteiger partial charge in [-0.3, -0.25) is 5.32 Å². The summed E-state index contributed by atoms with van der Waals surface area (Å²) in [6, 6.07) is -3.52. The molecule has 22 nitrogen and oxygen atoms in total. The van der Waals surface area contributed by atoms with Crippen molar-refractivity contribution in [3.8, 4) is 0 Å². The molecule has 0 aromatic carbocycles. The molecule has 4 atom stereocenters. The number of carboxylic acids is 1. The number of aliphatic carboxylic acids is 1.